The first-order valence-electron chi connectivity index (χ1n) is 4.23. The van der Waals surface area contributed by atoms with E-state index in [4.69, 9.17) is 11.5 Å². The maximum Gasteiger partial charge on any atom is 0.314 e. The van der Waals surface area contributed by atoms with Crippen LogP contribution in [-0.4, -0.2) is 13.1 Å². The minimum atomic E-state index is -0.244. The van der Waals surface area contributed by atoms with E-state index in [-0.39, 0.29) is 6.03 Å². The van der Waals surface area contributed by atoms with Gasteiger partial charge >= 0.3 is 6.03 Å². The number of carbonyl (C=O) groups is 1. The van der Waals surface area contributed by atoms with Gasteiger partial charge in [0.15, 0.2) is 0 Å². The first-order chi connectivity index (χ1) is 6.65. The number of carbonyl (C=O) groups excluding carboxylic acids is 1. The van der Waals surface area contributed by atoms with Gasteiger partial charge in [0.05, 0.1) is 11.4 Å². The maximum atomic E-state index is 10.9. The van der Waals surface area contributed by atoms with Crippen LogP contribution in [0, 0.1) is 0 Å². The molecular weight excluding hydrogens is 180 g/mol. The molecule has 0 aliphatic rings. The van der Waals surface area contributed by atoms with Gasteiger partial charge in [0, 0.05) is 13.6 Å². The summed E-state index contributed by atoms with van der Waals surface area (Å²) in [5.41, 5.74) is 13.2. The fourth-order valence-corrected chi connectivity index (χ4v) is 1.05. The van der Waals surface area contributed by atoms with E-state index in [1.165, 1.54) is 0 Å². The third-order valence-electron chi connectivity index (χ3n) is 1.90. The van der Waals surface area contributed by atoms with Crippen LogP contribution in [0.1, 0.15) is 5.56 Å². The van der Waals surface area contributed by atoms with Gasteiger partial charge in [0.25, 0.3) is 0 Å². The number of hydrogen-bond donors (Lipinski definition) is 4. The van der Waals surface area contributed by atoms with E-state index in [1.807, 2.05) is 6.07 Å². The highest BCUT2D eigenvalue weighted by molar-refractivity contribution is 5.74. The summed E-state index contributed by atoms with van der Waals surface area (Å²) in [5.74, 6) is 0. The number of anilines is 2. The van der Waals surface area contributed by atoms with Gasteiger partial charge in [-0.1, -0.05) is 12.1 Å². The molecule has 0 radical (unpaired) electrons. The maximum absolute atomic E-state index is 10.9. The lowest BCUT2D eigenvalue weighted by atomic mass is 10.1. The van der Waals surface area contributed by atoms with Gasteiger partial charge in [-0.05, 0) is 11.6 Å². The van der Waals surface area contributed by atoms with Crippen LogP contribution in [0.5, 0.6) is 0 Å². The first-order valence-corrected chi connectivity index (χ1v) is 4.23. The zero-order valence-corrected chi connectivity index (χ0v) is 8.00. The summed E-state index contributed by atoms with van der Waals surface area (Å²) >= 11 is 0. The normalized spacial score (nSPS) is 9.50. The number of urea groups is 1. The molecule has 0 aliphatic heterocycles. The van der Waals surface area contributed by atoms with E-state index < -0.39 is 0 Å². The molecule has 0 saturated carbocycles. The molecule has 0 aromatic heterocycles. The van der Waals surface area contributed by atoms with E-state index in [2.05, 4.69) is 10.6 Å². The van der Waals surface area contributed by atoms with Crippen LogP contribution in [0.4, 0.5) is 16.2 Å². The van der Waals surface area contributed by atoms with Crippen LogP contribution in [0.15, 0.2) is 18.2 Å². The summed E-state index contributed by atoms with van der Waals surface area (Å²) < 4.78 is 0. The van der Waals surface area contributed by atoms with Gasteiger partial charge in [-0.3, -0.25) is 0 Å². The molecule has 14 heavy (non-hydrogen) atoms. The molecular formula is C9H14N4O. The number of nitrogen functional groups attached to an aromatic ring is 2. The van der Waals surface area contributed by atoms with Gasteiger partial charge in [-0.2, -0.15) is 0 Å². The first kappa shape index (κ1) is 10.2. The molecule has 0 fully saturated rings. The van der Waals surface area contributed by atoms with E-state index in [0.717, 1.165) is 5.56 Å². The summed E-state index contributed by atoms with van der Waals surface area (Å²) in [7, 11) is 1.55. The monoisotopic (exact) mass is 194 g/mol. The van der Waals surface area contributed by atoms with E-state index >= 15 is 0 Å². The number of para-hydroxylation sites is 1. The number of nitrogens with one attached hydrogen (secondary N) is 2. The smallest absolute Gasteiger partial charge is 0.314 e. The third kappa shape index (κ3) is 2.29. The highest BCUT2D eigenvalue weighted by Gasteiger charge is 2.02. The van der Waals surface area contributed by atoms with Crippen molar-refractivity contribution in [3.63, 3.8) is 0 Å². The molecule has 76 valence electrons. The second-order valence-corrected chi connectivity index (χ2v) is 2.85. The number of benzene rings is 1. The summed E-state index contributed by atoms with van der Waals surface area (Å²) in [5, 5.41) is 5.08. The van der Waals surface area contributed by atoms with Crippen molar-refractivity contribution in [2.24, 2.45) is 0 Å². The SMILES string of the molecule is CNC(=O)NCc1cccc(N)c1N. The molecule has 0 unspecified atom stereocenters. The van der Waals surface area contributed by atoms with Crippen LogP contribution >= 0.6 is 0 Å². The lowest BCUT2D eigenvalue weighted by Crippen LogP contribution is -2.32. The molecule has 1 aromatic rings. The summed E-state index contributed by atoms with van der Waals surface area (Å²) in [6.07, 6.45) is 0. The lowest BCUT2D eigenvalue weighted by Gasteiger charge is -2.08. The Labute approximate surface area is 82.5 Å². The molecule has 1 aromatic carbocycles. The molecule has 1 rings (SSSR count). The summed E-state index contributed by atoms with van der Waals surface area (Å²) in [6.45, 7) is 0.372. The summed E-state index contributed by atoms with van der Waals surface area (Å²) in [6, 6.07) is 5.10. The minimum Gasteiger partial charge on any atom is -0.397 e. The number of nitrogens with two attached hydrogens (primary N) is 2. The van der Waals surface area contributed by atoms with Crippen molar-refractivity contribution in [2.45, 2.75) is 6.54 Å². The highest BCUT2D eigenvalue weighted by Crippen LogP contribution is 2.18. The van der Waals surface area contributed by atoms with Crippen LogP contribution in [-0.2, 0) is 6.54 Å². The average molecular weight is 194 g/mol. The van der Waals surface area contributed by atoms with Gasteiger partial charge in [-0.25, -0.2) is 4.79 Å². The Morgan fingerprint density at radius 1 is 1.43 bits per heavy atom. The minimum absolute atomic E-state index is 0.244. The Hall–Kier alpha value is -1.91. The highest BCUT2D eigenvalue weighted by atomic mass is 16.2. The molecule has 5 nitrogen and oxygen atoms in total. The Morgan fingerprint density at radius 3 is 2.79 bits per heavy atom. The molecule has 6 N–H and O–H groups in total. The zero-order valence-electron chi connectivity index (χ0n) is 8.00. The lowest BCUT2D eigenvalue weighted by molar-refractivity contribution is 0.242. The molecule has 0 spiro atoms. The van der Waals surface area contributed by atoms with Gasteiger partial charge < -0.3 is 22.1 Å². The van der Waals surface area contributed by atoms with Crippen LogP contribution in [0.25, 0.3) is 0 Å². The fraction of sp³-hybridized carbons (Fsp3) is 0.222. The van der Waals surface area contributed by atoms with Crippen LogP contribution in [0.3, 0.4) is 0 Å². The fourth-order valence-electron chi connectivity index (χ4n) is 1.05. The second kappa shape index (κ2) is 4.36. The van der Waals surface area contributed by atoms with Crippen molar-refractivity contribution in [2.75, 3.05) is 18.5 Å². The largest absolute Gasteiger partial charge is 0.397 e. The van der Waals surface area contributed by atoms with E-state index in [9.17, 15) is 4.79 Å². The Kier molecular flexibility index (Phi) is 3.17. The van der Waals surface area contributed by atoms with Crippen molar-refractivity contribution in [3.8, 4) is 0 Å². The second-order valence-electron chi connectivity index (χ2n) is 2.85. The summed E-state index contributed by atoms with van der Waals surface area (Å²) in [4.78, 5) is 10.9. The molecule has 0 atom stereocenters. The molecule has 0 heterocycles. The zero-order chi connectivity index (χ0) is 10.6. The number of amides is 2. The van der Waals surface area contributed by atoms with Gasteiger partial charge in [0.1, 0.15) is 0 Å². The Morgan fingerprint density at radius 2 is 2.14 bits per heavy atom. The Bertz CT molecular complexity index is 338. The van der Waals surface area contributed by atoms with E-state index in [0.29, 0.717) is 17.9 Å². The third-order valence-corrected chi connectivity index (χ3v) is 1.90. The van der Waals surface area contributed by atoms with E-state index in [1.54, 1.807) is 19.2 Å². The quantitative estimate of drug-likeness (QED) is 0.509. The standard InChI is InChI=1S/C9H14N4O/c1-12-9(14)13-5-6-3-2-4-7(10)8(6)11/h2-4H,5,10-11H2,1H3,(H2,12,13,14). The molecule has 5 heteroatoms. The predicted molar refractivity (Wildman–Crippen MR) is 56.6 cm³/mol. The topological polar surface area (TPSA) is 93.2 Å². The van der Waals surface area contributed by atoms with Crippen molar-refractivity contribution in [1.82, 2.24) is 10.6 Å². The van der Waals surface area contributed by atoms with Crippen LogP contribution in [0.2, 0.25) is 0 Å². The number of rotatable bonds is 2. The Balaban J connectivity index is 2.68. The molecule has 0 aliphatic carbocycles. The van der Waals surface area contributed by atoms with Gasteiger partial charge in [-0.15, -0.1) is 0 Å². The molecule has 0 bridgehead atoms. The molecule has 2 amide bonds. The van der Waals surface area contributed by atoms with Crippen molar-refractivity contribution in [1.29, 1.82) is 0 Å². The predicted octanol–water partition coefficient (Wildman–Crippen LogP) is 0.280. The van der Waals surface area contributed by atoms with Gasteiger partial charge in [0.2, 0.25) is 0 Å². The van der Waals surface area contributed by atoms with Crippen molar-refractivity contribution >= 4 is 17.4 Å². The molecule has 0 saturated heterocycles. The van der Waals surface area contributed by atoms with Crippen molar-refractivity contribution < 1.29 is 4.79 Å². The number of hydrogen-bond acceptors (Lipinski definition) is 3. The van der Waals surface area contributed by atoms with Crippen LogP contribution < -0.4 is 22.1 Å². The van der Waals surface area contributed by atoms with Crippen molar-refractivity contribution in [3.05, 3.63) is 23.8 Å². The average Bonchev–Trinajstić information content (AvgIpc) is 2.20.